The van der Waals surface area contributed by atoms with Crippen LogP contribution in [-0.2, 0) is 6.54 Å². The maximum Gasteiger partial charge on any atom is 0.426 e. The van der Waals surface area contributed by atoms with Crippen LogP contribution in [0, 0.1) is 13.8 Å². The van der Waals surface area contributed by atoms with Crippen molar-refractivity contribution in [3.63, 3.8) is 0 Å². The van der Waals surface area contributed by atoms with Crippen LogP contribution in [0.4, 0.5) is 0 Å². The first-order valence-electron chi connectivity index (χ1n) is 4.79. The quantitative estimate of drug-likeness (QED) is 0.741. The van der Waals surface area contributed by atoms with Gasteiger partial charge in [0.1, 0.15) is 0 Å². The van der Waals surface area contributed by atoms with Gasteiger partial charge in [0.25, 0.3) is 6.20 Å². The van der Waals surface area contributed by atoms with E-state index in [1.807, 2.05) is 6.07 Å². The van der Waals surface area contributed by atoms with Crippen LogP contribution in [-0.4, -0.2) is 5.27 Å². The van der Waals surface area contributed by atoms with E-state index in [0.717, 1.165) is 5.56 Å². The first-order valence-corrected chi connectivity index (χ1v) is 4.79. The summed E-state index contributed by atoms with van der Waals surface area (Å²) in [6.45, 7) is 4.76. The maximum atomic E-state index is 10.8. The molecule has 4 heteroatoms. The van der Waals surface area contributed by atoms with Crippen molar-refractivity contribution in [2.45, 2.75) is 20.4 Å². The van der Waals surface area contributed by atoms with E-state index in [2.05, 4.69) is 35.8 Å². The molecule has 0 aliphatic heterocycles. The fourth-order valence-corrected chi connectivity index (χ4v) is 1.46. The molecule has 0 atom stereocenters. The second-order valence-corrected chi connectivity index (χ2v) is 3.69. The molecule has 0 saturated carbocycles. The molecule has 0 spiro atoms. The third-order valence-electron chi connectivity index (χ3n) is 2.45. The minimum absolute atomic E-state index is 0.362. The Kier molecular flexibility index (Phi) is 2.41. The predicted molar refractivity (Wildman–Crippen MR) is 54.5 cm³/mol. The molecular weight excluding hydrogens is 192 g/mol. The van der Waals surface area contributed by atoms with Gasteiger partial charge in [-0.15, -0.1) is 0 Å². The highest BCUT2D eigenvalue weighted by Crippen LogP contribution is 2.08. The Morgan fingerprint density at radius 3 is 2.73 bits per heavy atom. The van der Waals surface area contributed by atoms with Crippen molar-refractivity contribution in [1.29, 1.82) is 0 Å². The van der Waals surface area contributed by atoms with E-state index in [1.54, 1.807) is 4.68 Å². The number of aromatic nitrogens is 2. The number of aromatic amines is 1. The summed E-state index contributed by atoms with van der Waals surface area (Å²) in [5.41, 5.74) is 3.29. The monoisotopic (exact) mass is 205 g/mol. The fraction of sp³-hybridized carbons (Fsp3) is 0.273. The van der Waals surface area contributed by atoms with Gasteiger partial charge in [0.15, 0.2) is 0 Å². The molecule has 0 aliphatic rings. The molecule has 2 aromatic rings. The number of nitrogens with one attached hydrogen (secondary N) is 1. The summed E-state index contributed by atoms with van der Waals surface area (Å²) in [5.74, 6) is 0. The van der Waals surface area contributed by atoms with Gasteiger partial charge >= 0.3 is 5.63 Å². The van der Waals surface area contributed by atoms with Crippen molar-refractivity contribution >= 4 is 0 Å². The van der Waals surface area contributed by atoms with Crippen LogP contribution >= 0.6 is 0 Å². The minimum Gasteiger partial charge on any atom is -0.284 e. The van der Waals surface area contributed by atoms with Gasteiger partial charge < -0.3 is 0 Å². The summed E-state index contributed by atoms with van der Waals surface area (Å²) in [5, 5.41) is 2.52. The molecule has 1 heterocycles. The highest BCUT2D eigenvalue weighted by molar-refractivity contribution is 5.29. The smallest absolute Gasteiger partial charge is 0.284 e. The molecule has 0 amide bonds. The van der Waals surface area contributed by atoms with Crippen molar-refractivity contribution in [2.75, 3.05) is 0 Å². The number of aryl methyl sites for hydroxylation is 2. The fourth-order valence-electron chi connectivity index (χ4n) is 1.46. The summed E-state index contributed by atoms with van der Waals surface area (Å²) < 4.78 is 6.19. The number of nitrogens with zero attached hydrogens (tertiary/aromatic N) is 1. The highest BCUT2D eigenvalue weighted by atomic mass is 16.5. The van der Waals surface area contributed by atoms with Crippen molar-refractivity contribution in [3.05, 3.63) is 51.5 Å². The van der Waals surface area contributed by atoms with Gasteiger partial charge in [-0.05, 0) is 36.3 Å². The molecule has 1 N–H and O–H groups in total. The van der Waals surface area contributed by atoms with Gasteiger partial charge in [0.2, 0.25) is 6.54 Å². The van der Waals surface area contributed by atoms with E-state index >= 15 is 0 Å². The normalized spacial score (nSPS) is 10.5. The van der Waals surface area contributed by atoms with E-state index in [9.17, 15) is 4.79 Å². The Morgan fingerprint density at radius 1 is 1.33 bits per heavy atom. The molecule has 0 aliphatic carbocycles. The second kappa shape index (κ2) is 3.73. The number of hydrogen-bond acceptors (Lipinski definition) is 2. The molecule has 0 fully saturated rings. The Balaban J connectivity index is 2.24. The molecule has 0 saturated heterocycles. The largest absolute Gasteiger partial charge is 0.426 e. The Hall–Kier alpha value is -1.84. The molecular formula is C11H13N2O2+. The van der Waals surface area contributed by atoms with Crippen LogP contribution < -0.4 is 10.3 Å². The number of H-pyrrole nitrogens is 1. The summed E-state index contributed by atoms with van der Waals surface area (Å²) in [4.78, 5) is 10.8. The maximum absolute atomic E-state index is 10.8. The van der Waals surface area contributed by atoms with E-state index in [4.69, 9.17) is 0 Å². The average Bonchev–Trinajstić information content (AvgIpc) is 2.58. The lowest BCUT2D eigenvalue weighted by Gasteiger charge is -2.00. The second-order valence-electron chi connectivity index (χ2n) is 3.69. The molecule has 0 unspecified atom stereocenters. The standard InChI is InChI=1S/C11H12N2O2/c1-8-3-4-10(5-9(8)2)6-13-7-11(14)15-12-13/h3-5,7H,6H2,1-2H3/p+1. The molecule has 2 rings (SSSR count). The summed E-state index contributed by atoms with van der Waals surface area (Å²) in [6, 6.07) is 6.22. The zero-order valence-electron chi connectivity index (χ0n) is 8.78. The minimum atomic E-state index is -0.362. The van der Waals surface area contributed by atoms with Crippen LogP contribution in [0.25, 0.3) is 0 Å². The lowest BCUT2D eigenvalue weighted by atomic mass is 10.1. The molecule has 4 nitrogen and oxygen atoms in total. The van der Waals surface area contributed by atoms with Crippen LogP contribution in [0.5, 0.6) is 0 Å². The van der Waals surface area contributed by atoms with Crippen molar-refractivity contribution in [2.24, 2.45) is 0 Å². The van der Waals surface area contributed by atoms with Crippen molar-refractivity contribution < 1.29 is 9.20 Å². The van der Waals surface area contributed by atoms with E-state index in [0.29, 0.717) is 6.54 Å². The first kappa shape index (κ1) is 9.71. The van der Waals surface area contributed by atoms with Gasteiger partial charge in [-0.3, -0.25) is 4.52 Å². The first-order chi connectivity index (χ1) is 7.15. The number of benzene rings is 1. The SMILES string of the molecule is Cc1ccc(C[n+]2cc(=O)o[nH]2)cc1C. The average molecular weight is 205 g/mol. The molecule has 1 aromatic heterocycles. The van der Waals surface area contributed by atoms with Crippen LogP contribution in [0.15, 0.2) is 33.7 Å². The van der Waals surface area contributed by atoms with Crippen LogP contribution in [0.3, 0.4) is 0 Å². The van der Waals surface area contributed by atoms with Gasteiger partial charge in [0, 0.05) is 5.56 Å². The highest BCUT2D eigenvalue weighted by Gasteiger charge is 2.07. The molecule has 0 radical (unpaired) electrons. The summed E-state index contributed by atoms with van der Waals surface area (Å²) >= 11 is 0. The molecule has 0 bridgehead atoms. The lowest BCUT2D eigenvalue weighted by Crippen LogP contribution is -2.35. The topological polar surface area (TPSA) is 49.9 Å². The predicted octanol–water partition coefficient (Wildman–Crippen LogP) is 0.921. The third kappa shape index (κ3) is 2.15. The van der Waals surface area contributed by atoms with Gasteiger partial charge in [0.05, 0.1) is 0 Å². The van der Waals surface area contributed by atoms with Crippen molar-refractivity contribution in [3.8, 4) is 0 Å². The molecule has 15 heavy (non-hydrogen) atoms. The van der Waals surface area contributed by atoms with Crippen LogP contribution in [0.2, 0.25) is 0 Å². The van der Waals surface area contributed by atoms with Crippen LogP contribution in [0.1, 0.15) is 16.7 Å². The van der Waals surface area contributed by atoms with Gasteiger partial charge in [-0.2, -0.15) is 0 Å². The number of rotatable bonds is 2. The molecule has 78 valence electrons. The zero-order chi connectivity index (χ0) is 10.8. The Morgan fingerprint density at radius 2 is 2.13 bits per heavy atom. The molecule has 1 aromatic carbocycles. The lowest BCUT2D eigenvalue weighted by molar-refractivity contribution is -0.754. The summed E-state index contributed by atoms with van der Waals surface area (Å²) in [6.07, 6.45) is 1.40. The van der Waals surface area contributed by atoms with Gasteiger partial charge in [-0.1, -0.05) is 16.8 Å². The Bertz CT molecular complexity index is 525. The number of hydrogen-bond donors (Lipinski definition) is 1. The summed E-state index contributed by atoms with van der Waals surface area (Å²) in [7, 11) is 0. The van der Waals surface area contributed by atoms with E-state index < -0.39 is 0 Å². The zero-order valence-corrected chi connectivity index (χ0v) is 8.78. The van der Waals surface area contributed by atoms with Gasteiger partial charge in [-0.25, -0.2) is 4.79 Å². The Labute approximate surface area is 87.1 Å². The van der Waals surface area contributed by atoms with Crippen molar-refractivity contribution in [1.82, 2.24) is 5.27 Å². The van der Waals surface area contributed by atoms with E-state index in [1.165, 1.54) is 17.3 Å². The van der Waals surface area contributed by atoms with E-state index in [-0.39, 0.29) is 5.63 Å². The third-order valence-corrected chi connectivity index (χ3v) is 2.45.